The van der Waals surface area contributed by atoms with Gasteiger partial charge in [-0.25, -0.2) is 0 Å². The third-order valence-electron chi connectivity index (χ3n) is 3.68. The van der Waals surface area contributed by atoms with Crippen LogP contribution in [0.4, 0.5) is 0 Å². The van der Waals surface area contributed by atoms with Gasteiger partial charge in [0.05, 0.1) is 26.7 Å². The molecule has 0 N–H and O–H groups in total. The Kier molecular flexibility index (Phi) is 11.8. The summed E-state index contributed by atoms with van der Waals surface area (Å²) in [6.07, 6.45) is 11.0. The molecule has 0 aliphatic heterocycles. The summed E-state index contributed by atoms with van der Waals surface area (Å²) in [4.78, 5) is 0. The van der Waals surface area contributed by atoms with Crippen LogP contribution in [-0.2, 0) is 0 Å². The summed E-state index contributed by atoms with van der Waals surface area (Å²) in [7, 11) is 2.47. The molecular weight excluding hydrogens is 274 g/mol. The molecule has 104 valence electrons. The maximum atomic E-state index is 3.54. The van der Waals surface area contributed by atoms with Gasteiger partial charge < -0.3 is 4.48 Å². The number of quaternary nitrogens is 1. The lowest BCUT2D eigenvalue weighted by Gasteiger charge is -2.35. The van der Waals surface area contributed by atoms with Gasteiger partial charge in [0.2, 0.25) is 0 Å². The first-order chi connectivity index (χ1) is 8.18. The summed E-state index contributed by atoms with van der Waals surface area (Å²) >= 11 is 3.54. The lowest BCUT2D eigenvalue weighted by molar-refractivity contribution is -0.910. The fraction of sp³-hybridized carbons (Fsp3) is 1.00. The molecule has 1 nitrogen and oxygen atoms in total. The summed E-state index contributed by atoms with van der Waals surface area (Å²) in [5, 5.41) is 1.16. The molecular formula is C15H33BrN+. The molecule has 0 aromatic heterocycles. The minimum Gasteiger partial charge on any atom is -0.326 e. The van der Waals surface area contributed by atoms with Gasteiger partial charge in [0.15, 0.2) is 0 Å². The lowest BCUT2D eigenvalue weighted by Crippen LogP contribution is -2.46. The minimum absolute atomic E-state index is 1.16. The van der Waals surface area contributed by atoms with E-state index in [1.54, 1.807) is 0 Å². The first-order valence-corrected chi connectivity index (χ1v) is 8.70. The average Bonchev–Trinajstić information content (AvgIpc) is 2.30. The van der Waals surface area contributed by atoms with E-state index in [2.05, 4.69) is 36.8 Å². The van der Waals surface area contributed by atoms with Crippen molar-refractivity contribution in [3.63, 3.8) is 0 Å². The number of halogens is 1. The molecule has 0 saturated heterocycles. The highest BCUT2D eigenvalue weighted by Gasteiger charge is 2.19. The van der Waals surface area contributed by atoms with Crippen LogP contribution in [0.25, 0.3) is 0 Å². The van der Waals surface area contributed by atoms with E-state index < -0.39 is 0 Å². The predicted molar refractivity (Wildman–Crippen MR) is 82.9 cm³/mol. The molecule has 0 fully saturated rings. The smallest absolute Gasteiger partial charge is 0.0784 e. The Balaban J connectivity index is 3.95. The molecule has 0 aliphatic carbocycles. The topological polar surface area (TPSA) is 0 Å². The minimum atomic E-state index is 1.16. The number of hydrogen-bond acceptors (Lipinski definition) is 0. The Bertz CT molecular complexity index is 132. The van der Waals surface area contributed by atoms with Crippen LogP contribution >= 0.6 is 15.9 Å². The van der Waals surface area contributed by atoms with Gasteiger partial charge in [0.1, 0.15) is 0 Å². The first kappa shape index (κ1) is 17.4. The van der Waals surface area contributed by atoms with Gasteiger partial charge in [-0.3, -0.25) is 0 Å². The van der Waals surface area contributed by atoms with Crippen LogP contribution in [0.2, 0.25) is 0 Å². The van der Waals surface area contributed by atoms with Gasteiger partial charge in [0, 0.05) is 5.33 Å². The number of nitrogens with zero attached hydrogens (tertiary/aromatic N) is 1. The highest BCUT2D eigenvalue weighted by molar-refractivity contribution is 9.09. The molecule has 0 spiro atoms. The van der Waals surface area contributed by atoms with Crippen LogP contribution in [0.5, 0.6) is 0 Å². The van der Waals surface area contributed by atoms with Gasteiger partial charge >= 0.3 is 0 Å². The molecule has 0 aliphatic rings. The number of rotatable bonds is 12. The molecule has 0 amide bonds. The molecule has 17 heavy (non-hydrogen) atoms. The van der Waals surface area contributed by atoms with Crippen molar-refractivity contribution in [2.45, 2.75) is 65.2 Å². The van der Waals surface area contributed by atoms with E-state index >= 15 is 0 Å². The van der Waals surface area contributed by atoms with Crippen molar-refractivity contribution in [3.8, 4) is 0 Å². The third kappa shape index (κ3) is 10.1. The molecule has 0 rings (SSSR count). The Morgan fingerprint density at radius 2 is 1.12 bits per heavy atom. The largest absolute Gasteiger partial charge is 0.326 e. The summed E-state index contributed by atoms with van der Waals surface area (Å²) in [5.41, 5.74) is 0. The quantitative estimate of drug-likeness (QED) is 0.271. The number of alkyl halides is 1. The van der Waals surface area contributed by atoms with Crippen molar-refractivity contribution >= 4 is 15.9 Å². The Labute approximate surface area is 118 Å². The van der Waals surface area contributed by atoms with Crippen molar-refractivity contribution < 1.29 is 4.48 Å². The van der Waals surface area contributed by atoms with Crippen molar-refractivity contribution in [2.24, 2.45) is 0 Å². The highest BCUT2D eigenvalue weighted by Crippen LogP contribution is 2.13. The molecule has 0 saturated carbocycles. The second-order valence-corrected chi connectivity index (χ2v) is 6.39. The SMILES string of the molecule is CCCCC[N+](C)(CCCCC)CCCCBr. The Morgan fingerprint density at radius 1 is 0.706 bits per heavy atom. The standard InChI is InChI=1S/C15H33BrN/c1-4-6-9-13-17(3,14-10-7-5-2)15-11-8-12-16/h4-15H2,1-3H3/q+1. The van der Waals surface area contributed by atoms with E-state index in [-0.39, 0.29) is 0 Å². The Hall–Kier alpha value is 0.440. The zero-order valence-electron chi connectivity index (χ0n) is 12.3. The Morgan fingerprint density at radius 3 is 1.47 bits per heavy atom. The van der Waals surface area contributed by atoms with Crippen LogP contribution < -0.4 is 0 Å². The van der Waals surface area contributed by atoms with Crippen LogP contribution in [0.3, 0.4) is 0 Å². The molecule has 2 heteroatoms. The van der Waals surface area contributed by atoms with Gasteiger partial charge in [-0.2, -0.15) is 0 Å². The number of hydrogen-bond donors (Lipinski definition) is 0. The lowest BCUT2D eigenvalue weighted by atomic mass is 10.1. The predicted octanol–water partition coefficient (Wildman–Crippen LogP) is 4.99. The molecule has 0 unspecified atom stereocenters. The molecule has 0 aromatic rings. The van der Waals surface area contributed by atoms with Crippen LogP contribution in [0.1, 0.15) is 65.2 Å². The van der Waals surface area contributed by atoms with E-state index in [1.165, 1.54) is 75.5 Å². The summed E-state index contributed by atoms with van der Waals surface area (Å²) < 4.78 is 1.31. The van der Waals surface area contributed by atoms with Crippen molar-refractivity contribution in [1.29, 1.82) is 0 Å². The zero-order valence-corrected chi connectivity index (χ0v) is 13.9. The van der Waals surface area contributed by atoms with Crippen molar-refractivity contribution in [1.82, 2.24) is 0 Å². The molecule has 0 heterocycles. The van der Waals surface area contributed by atoms with Crippen LogP contribution in [0.15, 0.2) is 0 Å². The van der Waals surface area contributed by atoms with Gasteiger partial charge in [-0.15, -0.1) is 0 Å². The average molecular weight is 307 g/mol. The second-order valence-electron chi connectivity index (χ2n) is 5.60. The summed E-state index contributed by atoms with van der Waals surface area (Å²) in [6.45, 7) is 8.75. The summed E-state index contributed by atoms with van der Waals surface area (Å²) in [5.74, 6) is 0. The van der Waals surface area contributed by atoms with Crippen molar-refractivity contribution in [3.05, 3.63) is 0 Å². The van der Waals surface area contributed by atoms with Crippen LogP contribution in [-0.4, -0.2) is 36.5 Å². The van der Waals surface area contributed by atoms with E-state index in [0.717, 1.165) is 5.33 Å². The first-order valence-electron chi connectivity index (χ1n) is 7.58. The van der Waals surface area contributed by atoms with Gasteiger partial charge in [-0.05, 0) is 38.5 Å². The maximum Gasteiger partial charge on any atom is 0.0784 e. The number of unbranched alkanes of at least 4 members (excludes halogenated alkanes) is 5. The van der Waals surface area contributed by atoms with Crippen LogP contribution in [0, 0.1) is 0 Å². The zero-order chi connectivity index (χ0) is 13.0. The monoisotopic (exact) mass is 306 g/mol. The van der Waals surface area contributed by atoms with Gasteiger partial charge in [-0.1, -0.05) is 42.6 Å². The maximum absolute atomic E-state index is 3.54. The second kappa shape index (κ2) is 11.5. The summed E-state index contributed by atoms with van der Waals surface area (Å²) in [6, 6.07) is 0. The van der Waals surface area contributed by atoms with E-state index in [0.29, 0.717) is 0 Å². The molecule has 0 radical (unpaired) electrons. The molecule has 0 atom stereocenters. The van der Waals surface area contributed by atoms with E-state index in [9.17, 15) is 0 Å². The van der Waals surface area contributed by atoms with Gasteiger partial charge in [0.25, 0.3) is 0 Å². The molecule has 0 bridgehead atoms. The van der Waals surface area contributed by atoms with E-state index in [4.69, 9.17) is 0 Å². The van der Waals surface area contributed by atoms with Crippen molar-refractivity contribution in [2.75, 3.05) is 32.0 Å². The third-order valence-corrected chi connectivity index (χ3v) is 4.25. The fourth-order valence-electron chi connectivity index (χ4n) is 2.41. The molecule has 0 aromatic carbocycles. The van der Waals surface area contributed by atoms with E-state index in [1.807, 2.05) is 0 Å². The highest BCUT2D eigenvalue weighted by atomic mass is 79.9. The normalized spacial score (nSPS) is 12.0. The fourth-order valence-corrected chi connectivity index (χ4v) is 2.81.